The Morgan fingerprint density at radius 3 is 2.23 bits per heavy atom. The molecule has 0 saturated heterocycles. The molecule has 0 bridgehead atoms. The quantitative estimate of drug-likeness (QED) is 0.265. The number of aryl methyl sites for hydroxylation is 1. The Hall–Kier alpha value is -2.69. The fourth-order valence-corrected chi connectivity index (χ4v) is 3.42. The number of carbonyl (C=O) groups excluding carboxylic acids is 1. The number of methoxy groups -OCH3 is 2. The zero-order chi connectivity index (χ0) is 22.6. The molecule has 0 heterocycles. The molecule has 0 atom stereocenters. The van der Waals surface area contributed by atoms with E-state index in [4.69, 9.17) is 18.9 Å². The summed E-state index contributed by atoms with van der Waals surface area (Å²) in [6, 6.07) is 9.40. The summed E-state index contributed by atoms with van der Waals surface area (Å²) in [5.41, 5.74) is 2.53. The molecule has 170 valence electrons. The third-order valence-corrected chi connectivity index (χ3v) is 5.26. The fourth-order valence-electron chi connectivity index (χ4n) is 3.42. The molecule has 2 rings (SSSR count). The average Bonchev–Trinajstić information content (AvgIpc) is 2.78. The lowest BCUT2D eigenvalue weighted by molar-refractivity contribution is 0.0978. The normalized spacial score (nSPS) is 10.6. The lowest BCUT2D eigenvalue weighted by Crippen LogP contribution is -2.08. The summed E-state index contributed by atoms with van der Waals surface area (Å²) in [6.45, 7) is 7.45. The predicted octanol–water partition coefficient (Wildman–Crippen LogP) is 6.19. The van der Waals surface area contributed by atoms with E-state index in [2.05, 4.69) is 13.8 Å². The first kappa shape index (κ1) is 24.6. The van der Waals surface area contributed by atoms with Crippen molar-refractivity contribution >= 4 is 5.78 Å². The summed E-state index contributed by atoms with van der Waals surface area (Å²) >= 11 is 0. The second kappa shape index (κ2) is 12.9. The minimum atomic E-state index is 0.0436. The van der Waals surface area contributed by atoms with Gasteiger partial charge < -0.3 is 18.9 Å². The molecule has 0 N–H and O–H groups in total. The average molecular weight is 429 g/mol. The molecule has 0 aliphatic heterocycles. The van der Waals surface area contributed by atoms with Crippen LogP contribution in [0.5, 0.6) is 23.0 Å². The molecule has 0 amide bonds. The van der Waals surface area contributed by atoms with Crippen molar-refractivity contribution in [1.29, 1.82) is 0 Å². The van der Waals surface area contributed by atoms with Crippen LogP contribution in [0.3, 0.4) is 0 Å². The molecule has 0 spiro atoms. The maximum Gasteiger partial charge on any atom is 0.166 e. The Bertz CT molecular complexity index is 844. The number of ketones is 1. The van der Waals surface area contributed by atoms with Crippen molar-refractivity contribution in [3.8, 4) is 23.0 Å². The van der Waals surface area contributed by atoms with Gasteiger partial charge in [-0.2, -0.15) is 0 Å². The first-order chi connectivity index (χ1) is 15.0. The number of hydrogen-bond acceptors (Lipinski definition) is 5. The van der Waals surface area contributed by atoms with Crippen LogP contribution >= 0.6 is 0 Å². The second-order valence-electron chi connectivity index (χ2n) is 7.57. The molecule has 0 aliphatic carbocycles. The van der Waals surface area contributed by atoms with Gasteiger partial charge in [0, 0.05) is 18.1 Å². The van der Waals surface area contributed by atoms with Crippen LogP contribution in [0.2, 0.25) is 0 Å². The number of carbonyl (C=O) groups is 1. The lowest BCUT2D eigenvalue weighted by Gasteiger charge is -2.15. The number of benzene rings is 2. The first-order valence-electron chi connectivity index (χ1n) is 11.2. The van der Waals surface area contributed by atoms with Crippen molar-refractivity contribution < 1.29 is 23.7 Å². The van der Waals surface area contributed by atoms with E-state index >= 15 is 0 Å². The van der Waals surface area contributed by atoms with E-state index in [-0.39, 0.29) is 5.78 Å². The van der Waals surface area contributed by atoms with Gasteiger partial charge >= 0.3 is 0 Å². The lowest BCUT2D eigenvalue weighted by atomic mass is 9.99. The molecule has 2 aromatic carbocycles. The van der Waals surface area contributed by atoms with Crippen molar-refractivity contribution in [2.75, 3.05) is 27.4 Å². The third kappa shape index (κ3) is 6.91. The van der Waals surface area contributed by atoms with Gasteiger partial charge in [0.05, 0.1) is 33.0 Å². The summed E-state index contributed by atoms with van der Waals surface area (Å²) in [5.74, 6) is 2.93. The van der Waals surface area contributed by atoms with Crippen LogP contribution in [0.15, 0.2) is 30.3 Å². The van der Waals surface area contributed by atoms with Gasteiger partial charge in [-0.15, -0.1) is 0 Å². The maximum atomic E-state index is 13.1. The molecule has 0 saturated carbocycles. The molecule has 0 unspecified atom stereocenters. The highest BCUT2D eigenvalue weighted by Crippen LogP contribution is 2.33. The Morgan fingerprint density at radius 1 is 0.871 bits per heavy atom. The Kier molecular flexibility index (Phi) is 10.2. The van der Waals surface area contributed by atoms with E-state index in [1.807, 2.05) is 37.3 Å². The SMILES string of the molecule is CCCCOc1ccc(C(=O)CCc2ccc(OC)c(C)c2OC)c(OCCCC)c1. The molecule has 31 heavy (non-hydrogen) atoms. The second-order valence-corrected chi connectivity index (χ2v) is 7.57. The predicted molar refractivity (Wildman–Crippen MR) is 124 cm³/mol. The van der Waals surface area contributed by atoms with Gasteiger partial charge in [-0.25, -0.2) is 0 Å². The highest BCUT2D eigenvalue weighted by molar-refractivity contribution is 5.99. The molecule has 0 fully saturated rings. The van der Waals surface area contributed by atoms with Crippen LogP contribution in [0.4, 0.5) is 0 Å². The Morgan fingerprint density at radius 2 is 1.58 bits per heavy atom. The minimum Gasteiger partial charge on any atom is -0.496 e. The van der Waals surface area contributed by atoms with E-state index in [0.717, 1.165) is 54.1 Å². The molecule has 5 nitrogen and oxygen atoms in total. The fraction of sp³-hybridized carbons (Fsp3) is 0.500. The van der Waals surface area contributed by atoms with Gasteiger partial charge in [0.1, 0.15) is 23.0 Å². The molecule has 0 aromatic heterocycles. The maximum absolute atomic E-state index is 13.1. The number of ether oxygens (including phenoxy) is 4. The number of unbranched alkanes of at least 4 members (excludes halogenated alkanes) is 2. The standard InChI is InChI=1S/C26H36O5/c1-6-8-16-30-21-12-13-22(25(18-21)31-17-9-7-2)23(27)14-10-20-11-15-24(28-4)19(3)26(20)29-5/h11-13,15,18H,6-10,14,16-17H2,1-5H3. The largest absolute Gasteiger partial charge is 0.496 e. The van der Waals surface area contributed by atoms with Gasteiger partial charge in [0.2, 0.25) is 0 Å². The molecular formula is C26H36O5. The number of hydrogen-bond donors (Lipinski definition) is 0. The van der Waals surface area contributed by atoms with E-state index in [9.17, 15) is 4.79 Å². The molecule has 2 aromatic rings. The van der Waals surface area contributed by atoms with Crippen molar-refractivity contribution in [3.05, 3.63) is 47.0 Å². The van der Waals surface area contributed by atoms with Crippen LogP contribution in [0, 0.1) is 6.92 Å². The summed E-state index contributed by atoms with van der Waals surface area (Å²) in [6.07, 6.45) is 4.99. The van der Waals surface area contributed by atoms with Crippen LogP contribution in [0.25, 0.3) is 0 Å². The van der Waals surface area contributed by atoms with E-state index in [0.29, 0.717) is 37.4 Å². The van der Waals surface area contributed by atoms with Gasteiger partial charge in [-0.05, 0) is 49.9 Å². The zero-order valence-electron chi connectivity index (χ0n) is 19.6. The summed E-state index contributed by atoms with van der Waals surface area (Å²) < 4.78 is 22.7. The summed E-state index contributed by atoms with van der Waals surface area (Å²) in [7, 11) is 3.28. The van der Waals surface area contributed by atoms with Crippen molar-refractivity contribution in [3.63, 3.8) is 0 Å². The van der Waals surface area contributed by atoms with E-state index < -0.39 is 0 Å². The molecular weight excluding hydrogens is 392 g/mol. The molecule has 0 radical (unpaired) electrons. The summed E-state index contributed by atoms with van der Waals surface area (Å²) in [4.78, 5) is 13.1. The molecule has 5 heteroatoms. The highest BCUT2D eigenvalue weighted by Gasteiger charge is 2.17. The van der Waals surface area contributed by atoms with Crippen molar-refractivity contribution in [2.45, 2.75) is 59.3 Å². The number of Topliss-reactive ketones (excluding diaryl/α,β-unsaturated/α-hetero) is 1. The number of rotatable bonds is 14. The van der Waals surface area contributed by atoms with Crippen LogP contribution in [0.1, 0.15) is 67.4 Å². The third-order valence-electron chi connectivity index (χ3n) is 5.26. The smallest absolute Gasteiger partial charge is 0.166 e. The van der Waals surface area contributed by atoms with Gasteiger partial charge in [-0.1, -0.05) is 32.8 Å². The van der Waals surface area contributed by atoms with Crippen molar-refractivity contribution in [1.82, 2.24) is 0 Å². The first-order valence-corrected chi connectivity index (χ1v) is 11.2. The van der Waals surface area contributed by atoms with Crippen LogP contribution in [-0.2, 0) is 6.42 Å². The summed E-state index contributed by atoms with van der Waals surface area (Å²) in [5, 5.41) is 0. The Labute approximate surface area is 186 Å². The van der Waals surface area contributed by atoms with Crippen molar-refractivity contribution in [2.24, 2.45) is 0 Å². The van der Waals surface area contributed by atoms with E-state index in [1.54, 1.807) is 14.2 Å². The van der Waals surface area contributed by atoms with Gasteiger partial charge in [-0.3, -0.25) is 4.79 Å². The van der Waals surface area contributed by atoms with Gasteiger partial charge in [0.25, 0.3) is 0 Å². The minimum absolute atomic E-state index is 0.0436. The van der Waals surface area contributed by atoms with Gasteiger partial charge in [0.15, 0.2) is 5.78 Å². The zero-order valence-corrected chi connectivity index (χ0v) is 19.6. The highest BCUT2D eigenvalue weighted by atomic mass is 16.5. The Balaban J connectivity index is 2.16. The monoisotopic (exact) mass is 428 g/mol. The molecule has 0 aliphatic rings. The van der Waals surface area contributed by atoms with Crippen LogP contribution < -0.4 is 18.9 Å². The van der Waals surface area contributed by atoms with E-state index in [1.165, 1.54) is 0 Å². The topological polar surface area (TPSA) is 54.0 Å². The van der Waals surface area contributed by atoms with Crippen LogP contribution in [-0.4, -0.2) is 33.2 Å².